The van der Waals surface area contributed by atoms with Gasteiger partial charge in [-0.1, -0.05) is 32.0 Å². The summed E-state index contributed by atoms with van der Waals surface area (Å²) in [4.78, 5) is 10.8. The van der Waals surface area contributed by atoms with Gasteiger partial charge in [-0.05, 0) is 53.4 Å². The fourth-order valence-electron chi connectivity index (χ4n) is 3.33. The van der Waals surface area contributed by atoms with E-state index in [1.807, 2.05) is 13.8 Å². The quantitative estimate of drug-likeness (QED) is 0.463. The standard InChI is InChI=1S/C24H22F3NO3/c1-14(2)23-21(31-13-22(29)30)9-8-20(27)24(23)28-12-17-10-16(6-7-19(17)26)15-4-3-5-18(25)11-15/h3-11,14,28H,12-13H2,1-2H3,(H,29,30). The minimum absolute atomic E-state index is 0.0337. The Bertz CT molecular complexity index is 1100. The van der Waals surface area contributed by atoms with Crippen LogP contribution >= 0.6 is 0 Å². The van der Waals surface area contributed by atoms with E-state index in [0.717, 1.165) is 0 Å². The van der Waals surface area contributed by atoms with Crippen molar-refractivity contribution in [3.8, 4) is 16.9 Å². The van der Waals surface area contributed by atoms with Crippen LogP contribution in [0, 0.1) is 17.5 Å². The third-order valence-electron chi connectivity index (χ3n) is 4.74. The molecule has 0 aliphatic heterocycles. The van der Waals surface area contributed by atoms with E-state index >= 15 is 0 Å². The summed E-state index contributed by atoms with van der Waals surface area (Å²) in [6, 6.07) is 12.9. The summed E-state index contributed by atoms with van der Waals surface area (Å²) in [7, 11) is 0. The number of benzene rings is 3. The summed E-state index contributed by atoms with van der Waals surface area (Å²) in [5, 5.41) is 11.8. The zero-order valence-corrected chi connectivity index (χ0v) is 17.1. The van der Waals surface area contributed by atoms with Crippen molar-refractivity contribution < 1.29 is 27.8 Å². The van der Waals surface area contributed by atoms with Crippen molar-refractivity contribution in [2.24, 2.45) is 0 Å². The zero-order chi connectivity index (χ0) is 22.5. The first-order valence-corrected chi connectivity index (χ1v) is 9.71. The van der Waals surface area contributed by atoms with Crippen LogP contribution in [-0.2, 0) is 11.3 Å². The second-order valence-electron chi connectivity index (χ2n) is 7.34. The maximum absolute atomic E-state index is 14.6. The molecular formula is C24H22F3NO3. The average Bonchev–Trinajstić information content (AvgIpc) is 2.72. The summed E-state index contributed by atoms with van der Waals surface area (Å²) in [5.41, 5.74) is 2.07. The Hall–Kier alpha value is -3.48. The van der Waals surface area contributed by atoms with Crippen molar-refractivity contribution in [3.05, 3.63) is 83.2 Å². The van der Waals surface area contributed by atoms with E-state index in [1.165, 1.54) is 30.3 Å². The molecule has 2 N–H and O–H groups in total. The predicted octanol–water partition coefficient (Wildman–Crippen LogP) is 5.97. The normalized spacial score (nSPS) is 10.9. The monoisotopic (exact) mass is 429 g/mol. The maximum atomic E-state index is 14.6. The van der Waals surface area contributed by atoms with Gasteiger partial charge in [0.25, 0.3) is 0 Å². The molecule has 0 unspecified atom stereocenters. The Morgan fingerprint density at radius 3 is 2.39 bits per heavy atom. The van der Waals surface area contributed by atoms with Crippen LogP contribution in [0.15, 0.2) is 54.6 Å². The highest BCUT2D eigenvalue weighted by molar-refractivity contribution is 5.69. The summed E-state index contributed by atoms with van der Waals surface area (Å²) in [5.74, 6) is -2.54. The lowest BCUT2D eigenvalue weighted by Gasteiger charge is -2.20. The molecule has 0 atom stereocenters. The lowest BCUT2D eigenvalue weighted by Crippen LogP contribution is -2.13. The lowest BCUT2D eigenvalue weighted by atomic mass is 9.98. The number of ether oxygens (including phenoxy) is 1. The van der Waals surface area contributed by atoms with Gasteiger partial charge in [0.1, 0.15) is 23.2 Å². The molecule has 3 rings (SSSR count). The molecule has 0 amide bonds. The van der Waals surface area contributed by atoms with Gasteiger partial charge in [0.05, 0.1) is 5.69 Å². The van der Waals surface area contributed by atoms with Crippen molar-refractivity contribution in [1.82, 2.24) is 0 Å². The molecule has 3 aromatic carbocycles. The summed E-state index contributed by atoms with van der Waals surface area (Å²) < 4.78 is 47.9. The molecule has 162 valence electrons. The average molecular weight is 429 g/mol. The number of nitrogens with one attached hydrogen (secondary N) is 1. The van der Waals surface area contributed by atoms with E-state index in [4.69, 9.17) is 9.84 Å². The van der Waals surface area contributed by atoms with E-state index in [1.54, 1.807) is 24.3 Å². The van der Waals surface area contributed by atoms with E-state index < -0.39 is 30.0 Å². The topological polar surface area (TPSA) is 58.6 Å². The van der Waals surface area contributed by atoms with Crippen molar-refractivity contribution in [1.29, 1.82) is 0 Å². The van der Waals surface area contributed by atoms with Crippen LogP contribution in [-0.4, -0.2) is 17.7 Å². The van der Waals surface area contributed by atoms with Crippen molar-refractivity contribution in [3.63, 3.8) is 0 Å². The predicted molar refractivity (Wildman–Crippen MR) is 113 cm³/mol. The number of anilines is 1. The SMILES string of the molecule is CC(C)c1c(OCC(=O)O)ccc(F)c1NCc1cc(-c2cccc(F)c2)ccc1F. The molecule has 0 aromatic heterocycles. The second kappa shape index (κ2) is 9.55. The van der Waals surface area contributed by atoms with Gasteiger partial charge in [0.15, 0.2) is 6.61 Å². The van der Waals surface area contributed by atoms with Crippen LogP contribution in [0.5, 0.6) is 5.75 Å². The highest BCUT2D eigenvalue weighted by Gasteiger charge is 2.19. The van der Waals surface area contributed by atoms with Crippen LogP contribution in [0.3, 0.4) is 0 Å². The molecule has 0 fully saturated rings. The van der Waals surface area contributed by atoms with Crippen molar-refractivity contribution >= 4 is 11.7 Å². The third-order valence-corrected chi connectivity index (χ3v) is 4.74. The van der Waals surface area contributed by atoms with Gasteiger partial charge in [-0.2, -0.15) is 0 Å². The molecule has 0 saturated carbocycles. The van der Waals surface area contributed by atoms with Gasteiger partial charge >= 0.3 is 5.97 Å². The first-order chi connectivity index (χ1) is 14.8. The fourth-order valence-corrected chi connectivity index (χ4v) is 3.33. The first-order valence-electron chi connectivity index (χ1n) is 9.71. The Kier molecular flexibility index (Phi) is 6.84. The summed E-state index contributed by atoms with van der Waals surface area (Å²) >= 11 is 0. The number of hydrogen-bond donors (Lipinski definition) is 2. The fraction of sp³-hybridized carbons (Fsp3) is 0.208. The van der Waals surface area contributed by atoms with E-state index in [2.05, 4.69) is 5.32 Å². The number of carboxylic acids is 1. The number of halogens is 3. The summed E-state index contributed by atoms with van der Waals surface area (Å²) in [6.07, 6.45) is 0. The van der Waals surface area contributed by atoms with Gasteiger partial charge in [0, 0.05) is 17.7 Å². The van der Waals surface area contributed by atoms with E-state index in [-0.39, 0.29) is 29.5 Å². The molecule has 4 nitrogen and oxygen atoms in total. The number of carbonyl (C=O) groups is 1. The molecule has 0 aliphatic rings. The van der Waals surface area contributed by atoms with E-state index in [0.29, 0.717) is 16.7 Å². The van der Waals surface area contributed by atoms with Gasteiger partial charge < -0.3 is 15.2 Å². The highest BCUT2D eigenvalue weighted by Crippen LogP contribution is 2.36. The number of rotatable bonds is 8. The Morgan fingerprint density at radius 2 is 1.71 bits per heavy atom. The molecule has 0 aliphatic carbocycles. The Labute approximate surface area is 178 Å². The minimum Gasteiger partial charge on any atom is -0.482 e. The third kappa shape index (κ3) is 5.36. The molecule has 0 saturated heterocycles. The van der Waals surface area contributed by atoms with Crippen LogP contribution in [0.25, 0.3) is 11.1 Å². The van der Waals surface area contributed by atoms with E-state index in [9.17, 15) is 18.0 Å². The molecule has 0 heterocycles. The van der Waals surface area contributed by atoms with Crippen molar-refractivity contribution in [2.75, 3.05) is 11.9 Å². The summed E-state index contributed by atoms with van der Waals surface area (Å²) in [6.45, 7) is 3.04. The van der Waals surface area contributed by atoms with Crippen LogP contribution in [0.4, 0.5) is 18.9 Å². The molecular weight excluding hydrogens is 407 g/mol. The lowest BCUT2D eigenvalue weighted by molar-refractivity contribution is -0.139. The highest BCUT2D eigenvalue weighted by atomic mass is 19.1. The van der Waals surface area contributed by atoms with Gasteiger partial charge in [-0.25, -0.2) is 18.0 Å². The van der Waals surface area contributed by atoms with Gasteiger partial charge in [-0.3, -0.25) is 0 Å². The molecule has 3 aromatic rings. The molecule has 7 heteroatoms. The first kappa shape index (κ1) is 22.2. The Balaban J connectivity index is 1.91. The Morgan fingerprint density at radius 1 is 1.00 bits per heavy atom. The number of carboxylic acid groups (broad SMARTS) is 1. The van der Waals surface area contributed by atoms with Crippen LogP contribution in [0.1, 0.15) is 30.9 Å². The molecule has 0 radical (unpaired) electrons. The van der Waals surface area contributed by atoms with Crippen LogP contribution < -0.4 is 10.1 Å². The minimum atomic E-state index is -1.15. The number of aliphatic carboxylic acids is 1. The van der Waals surface area contributed by atoms with Gasteiger partial charge in [-0.15, -0.1) is 0 Å². The van der Waals surface area contributed by atoms with Crippen LogP contribution in [0.2, 0.25) is 0 Å². The zero-order valence-electron chi connectivity index (χ0n) is 17.1. The largest absolute Gasteiger partial charge is 0.482 e. The molecule has 0 bridgehead atoms. The maximum Gasteiger partial charge on any atom is 0.341 e. The molecule has 0 spiro atoms. The molecule has 31 heavy (non-hydrogen) atoms. The van der Waals surface area contributed by atoms with Gasteiger partial charge in [0.2, 0.25) is 0 Å². The second-order valence-corrected chi connectivity index (χ2v) is 7.34. The number of hydrogen-bond acceptors (Lipinski definition) is 3. The smallest absolute Gasteiger partial charge is 0.341 e. The van der Waals surface area contributed by atoms with Crippen molar-refractivity contribution in [2.45, 2.75) is 26.3 Å².